The second-order valence-electron chi connectivity index (χ2n) is 4.85. The topological polar surface area (TPSA) is 92.7 Å². The van der Waals surface area contributed by atoms with Gasteiger partial charge in [-0.3, -0.25) is 4.57 Å². The Morgan fingerprint density at radius 2 is 1.91 bits per heavy atom. The number of hydrogen-bond acceptors (Lipinski definition) is 4. The van der Waals surface area contributed by atoms with Gasteiger partial charge >= 0.3 is 11.7 Å². The van der Waals surface area contributed by atoms with Gasteiger partial charge in [-0.2, -0.15) is 0 Å². The first-order chi connectivity index (χ1) is 10.6. The van der Waals surface area contributed by atoms with E-state index in [1.807, 2.05) is 0 Å². The number of aromatic nitrogens is 1. The van der Waals surface area contributed by atoms with Crippen molar-refractivity contribution < 1.29 is 19.4 Å². The molecule has 3 rings (SSSR count). The van der Waals surface area contributed by atoms with E-state index in [0.29, 0.717) is 16.6 Å². The molecular formula is C16H13NO5. The van der Waals surface area contributed by atoms with Gasteiger partial charge < -0.3 is 14.6 Å². The quantitative estimate of drug-likeness (QED) is 0.765. The maximum atomic E-state index is 12.1. The maximum absolute atomic E-state index is 12.1. The van der Waals surface area contributed by atoms with Crippen LogP contribution in [0, 0.1) is 0 Å². The molecule has 0 aliphatic carbocycles. The van der Waals surface area contributed by atoms with Gasteiger partial charge in [0.05, 0.1) is 12.1 Å². The Balaban J connectivity index is 2.25. The SMILES string of the molecule is O=C(O)C(c1ccccc1)n1c(=O)oc2cc(CO)ccc21. The molecule has 2 aromatic carbocycles. The zero-order valence-electron chi connectivity index (χ0n) is 11.5. The van der Waals surface area contributed by atoms with Gasteiger partial charge in [0.25, 0.3) is 0 Å². The molecule has 0 bridgehead atoms. The number of aliphatic hydroxyl groups excluding tert-OH is 1. The van der Waals surface area contributed by atoms with E-state index in [-0.39, 0.29) is 12.2 Å². The number of nitrogens with zero attached hydrogens (tertiary/aromatic N) is 1. The third-order valence-electron chi connectivity index (χ3n) is 3.47. The van der Waals surface area contributed by atoms with E-state index >= 15 is 0 Å². The molecule has 2 N–H and O–H groups in total. The predicted octanol–water partition coefficient (Wildman–Crippen LogP) is 1.76. The Hall–Kier alpha value is -2.86. The van der Waals surface area contributed by atoms with Crippen molar-refractivity contribution >= 4 is 17.1 Å². The molecule has 1 unspecified atom stereocenters. The fourth-order valence-electron chi connectivity index (χ4n) is 2.46. The van der Waals surface area contributed by atoms with E-state index in [0.717, 1.165) is 4.57 Å². The molecule has 6 nitrogen and oxygen atoms in total. The average molecular weight is 299 g/mol. The Morgan fingerprint density at radius 1 is 1.18 bits per heavy atom. The highest BCUT2D eigenvalue weighted by molar-refractivity contribution is 5.81. The molecule has 0 saturated carbocycles. The molecular weight excluding hydrogens is 286 g/mol. The van der Waals surface area contributed by atoms with Gasteiger partial charge in [0.15, 0.2) is 11.6 Å². The van der Waals surface area contributed by atoms with Gasteiger partial charge in [0.1, 0.15) is 0 Å². The lowest BCUT2D eigenvalue weighted by molar-refractivity contribution is -0.139. The first-order valence-corrected chi connectivity index (χ1v) is 6.64. The van der Waals surface area contributed by atoms with E-state index < -0.39 is 17.8 Å². The van der Waals surface area contributed by atoms with Crippen molar-refractivity contribution in [3.63, 3.8) is 0 Å². The summed E-state index contributed by atoms with van der Waals surface area (Å²) in [6, 6.07) is 12.0. The van der Waals surface area contributed by atoms with Crippen LogP contribution >= 0.6 is 0 Å². The largest absolute Gasteiger partial charge is 0.479 e. The molecule has 0 fully saturated rings. The highest BCUT2D eigenvalue weighted by atomic mass is 16.4. The zero-order valence-corrected chi connectivity index (χ0v) is 11.5. The number of carboxylic acid groups (broad SMARTS) is 1. The van der Waals surface area contributed by atoms with E-state index in [4.69, 9.17) is 9.52 Å². The van der Waals surface area contributed by atoms with Crippen LogP contribution in [0.4, 0.5) is 0 Å². The molecule has 0 aliphatic heterocycles. The van der Waals surface area contributed by atoms with Crippen LogP contribution in [-0.4, -0.2) is 20.7 Å². The second-order valence-corrected chi connectivity index (χ2v) is 4.85. The van der Waals surface area contributed by atoms with Crippen LogP contribution in [0.2, 0.25) is 0 Å². The molecule has 3 aromatic rings. The summed E-state index contributed by atoms with van der Waals surface area (Å²) in [6.07, 6.45) is 0. The number of aliphatic carboxylic acids is 1. The van der Waals surface area contributed by atoms with Gasteiger partial charge in [0, 0.05) is 0 Å². The van der Waals surface area contributed by atoms with E-state index in [2.05, 4.69) is 0 Å². The Labute approximate surface area is 124 Å². The Bertz CT molecular complexity index is 878. The van der Waals surface area contributed by atoms with E-state index in [9.17, 15) is 14.7 Å². The van der Waals surface area contributed by atoms with Crippen molar-refractivity contribution in [2.75, 3.05) is 0 Å². The van der Waals surface area contributed by atoms with E-state index in [1.54, 1.807) is 42.5 Å². The number of fused-ring (bicyclic) bond motifs is 1. The normalized spacial score (nSPS) is 12.4. The molecule has 6 heteroatoms. The zero-order chi connectivity index (χ0) is 15.7. The van der Waals surface area contributed by atoms with Crippen LogP contribution in [0.5, 0.6) is 0 Å². The Morgan fingerprint density at radius 3 is 2.55 bits per heavy atom. The highest BCUT2D eigenvalue weighted by Crippen LogP contribution is 2.24. The summed E-state index contributed by atoms with van der Waals surface area (Å²) in [5.41, 5.74) is 1.68. The highest BCUT2D eigenvalue weighted by Gasteiger charge is 2.26. The summed E-state index contributed by atoms with van der Waals surface area (Å²) in [6.45, 7) is -0.189. The molecule has 1 aromatic heterocycles. The molecule has 0 saturated heterocycles. The minimum Gasteiger partial charge on any atom is -0.479 e. The van der Waals surface area contributed by atoms with Gasteiger partial charge in [-0.25, -0.2) is 9.59 Å². The van der Waals surface area contributed by atoms with Gasteiger partial charge in [-0.1, -0.05) is 36.4 Å². The molecule has 22 heavy (non-hydrogen) atoms. The van der Waals surface area contributed by atoms with Crippen LogP contribution < -0.4 is 5.76 Å². The van der Waals surface area contributed by atoms with Crippen molar-refractivity contribution in [2.24, 2.45) is 0 Å². The summed E-state index contributed by atoms with van der Waals surface area (Å²) in [4.78, 5) is 23.8. The lowest BCUT2D eigenvalue weighted by atomic mass is 10.1. The number of rotatable bonds is 4. The third kappa shape index (κ3) is 2.29. The molecule has 0 amide bonds. The lowest BCUT2D eigenvalue weighted by Crippen LogP contribution is -2.27. The minimum absolute atomic E-state index is 0.189. The summed E-state index contributed by atoms with van der Waals surface area (Å²) in [5, 5.41) is 18.7. The summed E-state index contributed by atoms with van der Waals surface area (Å²) < 4.78 is 6.23. The predicted molar refractivity (Wildman–Crippen MR) is 78.6 cm³/mol. The van der Waals surface area contributed by atoms with Crippen molar-refractivity contribution in [3.05, 3.63) is 70.2 Å². The van der Waals surface area contributed by atoms with Crippen LogP contribution in [0.1, 0.15) is 17.2 Å². The number of oxazole rings is 1. The summed E-state index contributed by atoms with van der Waals surface area (Å²) in [5.74, 6) is -1.90. The van der Waals surface area contributed by atoms with Crippen molar-refractivity contribution in [3.8, 4) is 0 Å². The maximum Gasteiger partial charge on any atom is 0.421 e. The lowest BCUT2D eigenvalue weighted by Gasteiger charge is -2.13. The second kappa shape index (κ2) is 5.50. The number of carboxylic acids is 1. The summed E-state index contributed by atoms with van der Waals surface area (Å²) >= 11 is 0. The van der Waals surface area contributed by atoms with Gasteiger partial charge in [-0.05, 0) is 23.3 Å². The number of carbonyl (C=O) groups is 1. The molecule has 0 spiro atoms. The Kier molecular flexibility index (Phi) is 3.52. The third-order valence-corrected chi connectivity index (χ3v) is 3.47. The first kappa shape index (κ1) is 14.1. The van der Waals surface area contributed by atoms with Crippen LogP contribution in [0.3, 0.4) is 0 Å². The number of benzene rings is 2. The van der Waals surface area contributed by atoms with Crippen LogP contribution in [0.15, 0.2) is 57.7 Å². The fourth-order valence-corrected chi connectivity index (χ4v) is 2.46. The first-order valence-electron chi connectivity index (χ1n) is 6.64. The number of aliphatic hydroxyl groups is 1. The fraction of sp³-hybridized carbons (Fsp3) is 0.125. The van der Waals surface area contributed by atoms with E-state index in [1.165, 1.54) is 6.07 Å². The average Bonchev–Trinajstić information content (AvgIpc) is 2.84. The standard InChI is InChI=1S/C16H13NO5/c18-9-10-6-7-12-13(8-10)22-16(21)17(12)14(15(19)20)11-4-2-1-3-5-11/h1-8,14,18H,9H2,(H,19,20). The minimum atomic E-state index is -1.17. The molecule has 1 heterocycles. The van der Waals surface area contributed by atoms with Crippen LogP contribution in [0.25, 0.3) is 11.1 Å². The molecule has 0 radical (unpaired) electrons. The number of hydrogen-bond donors (Lipinski definition) is 2. The van der Waals surface area contributed by atoms with Gasteiger partial charge in [0.2, 0.25) is 0 Å². The molecule has 112 valence electrons. The molecule has 1 atom stereocenters. The van der Waals surface area contributed by atoms with Crippen LogP contribution in [-0.2, 0) is 11.4 Å². The smallest absolute Gasteiger partial charge is 0.421 e. The summed E-state index contributed by atoms with van der Waals surface area (Å²) in [7, 11) is 0. The van der Waals surface area contributed by atoms with Gasteiger partial charge in [-0.15, -0.1) is 0 Å². The van der Waals surface area contributed by atoms with Crippen molar-refractivity contribution in [1.82, 2.24) is 4.57 Å². The monoisotopic (exact) mass is 299 g/mol. The molecule has 0 aliphatic rings. The van der Waals surface area contributed by atoms with Crippen molar-refractivity contribution in [1.29, 1.82) is 0 Å². The van der Waals surface area contributed by atoms with Crippen molar-refractivity contribution in [2.45, 2.75) is 12.6 Å².